The molecule has 0 amide bonds. The Hall–Kier alpha value is -1.90. The van der Waals surface area contributed by atoms with E-state index in [1.807, 2.05) is 30.3 Å². The molecule has 0 spiro atoms. The number of rotatable bonds is 7. The number of guanidine groups is 1. The van der Waals surface area contributed by atoms with Crippen molar-refractivity contribution in [3.8, 4) is 11.5 Å². The fourth-order valence-electron chi connectivity index (χ4n) is 2.44. The third-order valence-corrected chi connectivity index (χ3v) is 3.78. The highest BCUT2D eigenvalue weighted by atomic mass is 127. The average Bonchev–Trinajstić information content (AvgIpc) is 3.27. The largest absolute Gasteiger partial charge is 0.469 e. The Kier molecular flexibility index (Phi) is 8.08. The Morgan fingerprint density at radius 1 is 1.15 bits per heavy atom. The second kappa shape index (κ2) is 10.3. The van der Waals surface area contributed by atoms with E-state index in [4.69, 9.17) is 13.9 Å². The van der Waals surface area contributed by atoms with Gasteiger partial charge in [0.2, 0.25) is 6.79 Å². The summed E-state index contributed by atoms with van der Waals surface area (Å²) in [5, 5.41) is 6.73. The van der Waals surface area contributed by atoms with Gasteiger partial charge in [0.05, 0.1) is 12.8 Å². The molecule has 1 aliphatic rings. The number of benzene rings is 1. The number of fused-ring (bicyclic) bond motifs is 1. The number of furan rings is 1. The zero-order chi connectivity index (χ0) is 17.5. The van der Waals surface area contributed by atoms with E-state index in [2.05, 4.69) is 29.5 Å². The summed E-state index contributed by atoms with van der Waals surface area (Å²) in [6.45, 7) is 6.84. The SMILES string of the molecule is CC(C)CNC(=NCc1ccc2c(c1)OCO2)NCCc1ccco1.I. The third-order valence-electron chi connectivity index (χ3n) is 3.78. The van der Waals surface area contributed by atoms with E-state index in [0.29, 0.717) is 12.5 Å². The molecule has 3 rings (SSSR count). The van der Waals surface area contributed by atoms with Crippen LogP contribution in [0.5, 0.6) is 11.5 Å². The van der Waals surface area contributed by atoms with Crippen molar-refractivity contribution < 1.29 is 13.9 Å². The molecule has 0 unspecified atom stereocenters. The number of nitrogens with one attached hydrogen (secondary N) is 2. The summed E-state index contributed by atoms with van der Waals surface area (Å²) >= 11 is 0. The normalized spacial score (nSPS) is 12.8. The standard InChI is InChI=1S/C19H25N3O3.HI/c1-14(2)11-21-19(20-8-7-16-4-3-9-23-16)22-12-15-5-6-17-18(10-15)25-13-24-17;/h3-6,9-10,14H,7-8,11-13H2,1-2H3,(H2,20,21,22);1H. The molecule has 2 aromatic rings. The average molecular weight is 471 g/mol. The van der Waals surface area contributed by atoms with Gasteiger partial charge in [0.1, 0.15) is 5.76 Å². The van der Waals surface area contributed by atoms with Crippen LogP contribution >= 0.6 is 24.0 Å². The molecule has 0 atom stereocenters. The maximum atomic E-state index is 5.42. The molecule has 1 aromatic heterocycles. The molecule has 6 nitrogen and oxygen atoms in total. The highest BCUT2D eigenvalue weighted by Gasteiger charge is 2.13. The fourth-order valence-corrected chi connectivity index (χ4v) is 2.44. The van der Waals surface area contributed by atoms with Crippen LogP contribution in [0.1, 0.15) is 25.2 Å². The van der Waals surface area contributed by atoms with Crippen LogP contribution in [0.2, 0.25) is 0 Å². The van der Waals surface area contributed by atoms with Crippen LogP contribution in [0.25, 0.3) is 0 Å². The van der Waals surface area contributed by atoms with E-state index < -0.39 is 0 Å². The van der Waals surface area contributed by atoms with Crippen LogP contribution in [0, 0.1) is 5.92 Å². The molecule has 2 N–H and O–H groups in total. The lowest BCUT2D eigenvalue weighted by molar-refractivity contribution is 0.174. The first-order valence-corrected chi connectivity index (χ1v) is 8.64. The number of hydrogen-bond acceptors (Lipinski definition) is 4. The zero-order valence-corrected chi connectivity index (χ0v) is 17.5. The lowest BCUT2D eigenvalue weighted by Crippen LogP contribution is -2.40. The second-order valence-corrected chi connectivity index (χ2v) is 6.38. The Morgan fingerprint density at radius 2 is 2.00 bits per heavy atom. The molecule has 7 heteroatoms. The predicted octanol–water partition coefficient (Wildman–Crippen LogP) is 3.56. The van der Waals surface area contributed by atoms with Crippen LogP contribution in [0.3, 0.4) is 0 Å². The quantitative estimate of drug-likeness (QED) is 0.367. The maximum Gasteiger partial charge on any atom is 0.231 e. The number of hydrogen-bond donors (Lipinski definition) is 2. The van der Waals surface area contributed by atoms with E-state index in [0.717, 1.165) is 48.3 Å². The van der Waals surface area contributed by atoms with E-state index in [1.165, 1.54) is 0 Å². The fraction of sp³-hybridized carbons (Fsp3) is 0.421. The zero-order valence-electron chi connectivity index (χ0n) is 15.2. The van der Waals surface area contributed by atoms with Gasteiger partial charge in [-0.05, 0) is 35.7 Å². The smallest absolute Gasteiger partial charge is 0.231 e. The van der Waals surface area contributed by atoms with Gasteiger partial charge in [0, 0.05) is 19.5 Å². The minimum Gasteiger partial charge on any atom is -0.469 e. The van der Waals surface area contributed by atoms with Gasteiger partial charge in [-0.25, -0.2) is 4.99 Å². The Bertz CT molecular complexity index is 702. The van der Waals surface area contributed by atoms with Crippen molar-refractivity contribution in [3.05, 3.63) is 47.9 Å². The van der Waals surface area contributed by atoms with Gasteiger partial charge in [-0.1, -0.05) is 19.9 Å². The van der Waals surface area contributed by atoms with Crippen LogP contribution in [-0.2, 0) is 13.0 Å². The number of aliphatic imine (C=N–C) groups is 1. The van der Waals surface area contributed by atoms with E-state index in [1.54, 1.807) is 6.26 Å². The summed E-state index contributed by atoms with van der Waals surface area (Å²) in [5.41, 5.74) is 1.08. The molecular formula is C19H26IN3O3. The molecule has 0 saturated heterocycles. The van der Waals surface area contributed by atoms with Crippen molar-refractivity contribution in [2.45, 2.75) is 26.8 Å². The highest BCUT2D eigenvalue weighted by Crippen LogP contribution is 2.32. The number of halogens is 1. The summed E-state index contributed by atoms with van der Waals surface area (Å²) < 4.78 is 16.1. The van der Waals surface area contributed by atoms with Crippen molar-refractivity contribution in [1.29, 1.82) is 0 Å². The van der Waals surface area contributed by atoms with Gasteiger partial charge in [0.15, 0.2) is 17.5 Å². The number of ether oxygens (including phenoxy) is 2. The Balaban J connectivity index is 0.00000243. The monoisotopic (exact) mass is 471 g/mol. The molecule has 0 fully saturated rings. The van der Waals surface area contributed by atoms with Crippen molar-refractivity contribution in [2.24, 2.45) is 10.9 Å². The third kappa shape index (κ3) is 6.12. The van der Waals surface area contributed by atoms with Gasteiger partial charge >= 0.3 is 0 Å². The summed E-state index contributed by atoms with van der Waals surface area (Å²) in [5.74, 6) is 3.89. The minimum atomic E-state index is 0. The van der Waals surface area contributed by atoms with Gasteiger partial charge in [0.25, 0.3) is 0 Å². The Labute approximate surface area is 171 Å². The Morgan fingerprint density at radius 3 is 2.77 bits per heavy atom. The van der Waals surface area contributed by atoms with Crippen molar-refractivity contribution in [1.82, 2.24) is 10.6 Å². The van der Waals surface area contributed by atoms with Crippen LogP contribution in [-0.4, -0.2) is 25.8 Å². The van der Waals surface area contributed by atoms with Crippen LogP contribution < -0.4 is 20.1 Å². The van der Waals surface area contributed by atoms with Crippen molar-refractivity contribution >= 4 is 29.9 Å². The van der Waals surface area contributed by atoms with E-state index >= 15 is 0 Å². The second-order valence-electron chi connectivity index (χ2n) is 6.38. The molecule has 0 bridgehead atoms. The molecule has 0 aliphatic carbocycles. The molecule has 26 heavy (non-hydrogen) atoms. The van der Waals surface area contributed by atoms with Gasteiger partial charge < -0.3 is 24.5 Å². The predicted molar refractivity (Wildman–Crippen MR) is 112 cm³/mol. The summed E-state index contributed by atoms with van der Waals surface area (Å²) in [4.78, 5) is 4.68. The van der Waals surface area contributed by atoms with E-state index in [9.17, 15) is 0 Å². The van der Waals surface area contributed by atoms with Crippen LogP contribution in [0.4, 0.5) is 0 Å². The molecular weight excluding hydrogens is 445 g/mol. The van der Waals surface area contributed by atoms with Gasteiger partial charge in [-0.3, -0.25) is 0 Å². The molecule has 0 radical (unpaired) electrons. The summed E-state index contributed by atoms with van der Waals surface area (Å²) in [6, 6.07) is 9.81. The van der Waals surface area contributed by atoms with Crippen LogP contribution in [0.15, 0.2) is 46.0 Å². The first kappa shape index (κ1) is 20.4. The van der Waals surface area contributed by atoms with E-state index in [-0.39, 0.29) is 30.8 Å². The topological polar surface area (TPSA) is 68.0 Å². The van der Waals surface area contributed by atoms with Gasteiger partial charge in [-0.15, -0.1) is 24.0 Å². The maximum absolute atomic E-state index is 5.42. The molecule has 2 heterocycles. The first-order chi connectivity index (χ1) is 12.2. The molecule has 0 saturated carbocycles. The van der Waals surface area contributed by atoms with Crippen molar-refractivity contribution in [2.75, 3.05) is 19.9 Å². The first-order valence-electron chi connectivity index (χ1n) is 8.64. The van der Waals surface area contributed by atoms with Gasteiger partial charge in [-0.2, -0.15) is 0 Å². The molecule has 142 valence electrons. The number of nitrogens with zero attached hydrogens (tertiary/aromatic N) is 1. The molecule has 1 aliphatic heterocycles. The van der Waals surface area contributed by atoms with Crippen molar-refractivity contribution in [3.63, 3.8) is 0 Å². The molecule has 1 aromatic carbocycles. The lowest BCUT2D eigenvalue weighted by atomic mass is 10.2. The summed E-state index contributed by atoms with van der Waals surface area (Å²) in [6.07, 6.45) is 2.51. The highest BCUT2D eigenvalue weighted by molar-refractivity contribution is 14.0. The lowest BCUT2D eigenvalue weighted by Gasteiger charge is -2.14. The summed E-state index contributed by atoms with van der Waals surface area (Å²) in [7, 11) is 0. The minimum absolute atomic E-state index is 0.